The number of methoxy groups -OCH3 is 1. The molecule has 0 fully saturated rings. The Morgan fingerprint density at radius 3 is 2.67 bits per heavy atom. The summed E-state index contributed by atoms with van der Waals surface area (Å²) >= 11 is 5.44. The molecule has 0 atom stereocenters. The molecule has 3 rings (SSSR count). The van der Waals surface area contributed by atoms with E-state index in [1.807, 2.05) is 0 Å². The highest BCUT2D eigenvalue weighted by molar-refractivity contribution is 6.30. The van der Waals surface area contributed by atoms with Crippen molar-refractivity contribution in [3.63, 3.8) is 0 Å². The third-order valence-electron chi connectivity index (χ3n) is 3.74. The van der Waals surface area contributed by atoms with Crippen LogP contribution >= 0.6 is 11.6 Å². The SMILES string of the molecule is COc1c(NC(=O)CCc2cc(F)c(Cl)c(F)c2)n[nH]c1-c1ccnnc1. The summed E-state index contributed by atoms with van der Waals surface area (Å²) in [5, 5.41) is 16.3. The van der Waals surface area contributed by atoms with Crippen LogP contribution < -0.4 is 10.1 Å². The molecule has 27 heavy (non-hydrogen) atoms. The van der Waals surface area contributed by atoms with Gasteiger partial charge in [0, 0.05) is 12.0 Å². The van der Waals surface area contributed by atoms with E-state index in [1.54, 1.807) is 6.07 Å². The maximum Gasteiger partial charge on any atom is 0.226 e. The van der Waals surface area contributed by atoms with Crippen molar-refractivity contribution < 1.29 is 18.3 Å². The maximum absolute atomic E-state index is 13.5. The van der Waals surface area contributed by atoms with Crippen molar-refractivity contribution in [3.05, 3.63) is 52.8 Å². The van der Waals surface area contributed by atoms with Gasteiger partial charge in [0.25, 0.3) is 0 Å². The van der Waals surface area contributed by atoms with Gasteiger partial charge in [0.05, 0.1) is 19.5 Å². The summed E-state index contributed by atoms with van der Waals surface area (Å²) in [6.07, 6.45) is 3.15. The van der Waals surface area contributed by atoms with Gasteiger partial charge in [0.15, 0.2) is 11.6 Å². The van der Waals surface area contributed by atoms with Crippen molar-refractivity contribution in [2.75, 3.05) is 12.4 Å². The molecule has 0 saturated carbocycles. The third-order valence-corrected chi connectivity index (χ3v) is 4.10. The Morgan fingerprint density at radius 1 is 1.30 bits per heavy atom. The number of amides is 1. The zero-order chi connectivity index (χ0) is 19.4. The molecule has 140 valence electrons. The standard InChI is InChI=1S/C17H14ClF2N5O2/c1-27-16-15(10-4-5-21-22-8-10)24-25-17(16)23-13(26)3-2-9-6-11(19)14(18)12(20)7-9/h4-8H,2-3H2,1H3,(H2,23,24,25,26). The van der Waals surface area contributed by atoms with Gasteiger partial charge in [-0.25, -0.2) is 8.78 Å². The van der Waals surface area contributed by atoms with E-state index in [9.17, 15) is 13.6 Å². The number of anilines is 1. The highest BCUT2D eigenvalue weighted by Crippen LogP contribution is 2.33. The summed E-state index contributed by atoms with van der Waals surface area (Å²) in [5.74, 6) is -1.59. The van der Waals surface area contributed by atoms with E-state index in [0.717, 1.165) is 12.1 Å². The number of nitrogens with zero attached hydrogens (tertiary/aromatic N) is 3. The van der Waals surface area contributed by atoms with Gasteiger partial charge in [-0.05, 0) is 30.2 Å². The monoisotopic (exact) mass is 393 g/mol. The lowest BCUT2D eigenvalue weighted by Gasteiger charge is -2.07. The number of rotatable bonds is 6. The Balaban J connectivity index is 1.69. The van der Waals surface area contributed by atoms with Crippen LogP contribution in [-0.2, 0) is 11.2 Å². The molecule has 0 aliphatic heterocycles. The molecular formula is C17H14ClF2N5O2. The molecule has 0 aliphatic rings. The highest BCUT2D eigenvalue weighted by atomic mass is 35.5. The van der Waals surface area contributed by atoms with E-state index in [1.165, 1.54) is 19.5 Å². The first kappa shape index (κ1) is 18.7. The molecular weight excluding hydrogens is 380 g/mol. The number of aromatic nitrogens is 4. The fourth-order valence-corrected chi connectivity index (χ4v) is 2.56. The van der Waals surface area contributed by atoms with Crippen molar-refractivity contribution in [3.8, 4) is 17.0 Å². The summed E-state index contributed by atoms with van der Waals surface area (Å²) in [6, 6.07) is 3.91. The zero-order valence-electron chi connectivity index (χ0n) is 14.1. The van der Waals surface area contributed by atoms with E-state index in [-0.39, 0.29) is 18.7 Å². The Labute approximate surface area is 157 Å². The molecule has 0 spiro atoms. The van der Waals surface area contributed by atoms with Gasteiger partial charge in [-0.1, -0.05) is 11.6 Å². The molecule has 0 radical (unpaired) electrons. The number of benzene rings is 1. The Bertz CT molecular complexity index is 942. The van der Waals surface area contributed by atoms with Crippen LogP contribution in [-0.4, -0.2) is 33.4 Å². The number of nitrogens with one attached hydrogen (secondary N) is 2. The van der Waals surface area contributed by atoms with E-state index in [0.29, 0.717) is 22.6 Å². The van der Waals surface area contributed by atoms with Crippen molar-refractivity contribution in [2.45, 2.75) is 12.8 Å². The molecule has 0 saturated heterocycles. The lowest BCUT2D eigenvalue weighted by atomic mass is 10.1. The number of aromatic amines is 1. The van der Waals surface area contributed by atoms with E-state index >= 15 is 0 Å². The van der Waals surface area contributed by atoms with Gasteiger partial charge in [0.2, 0.25) is 5.91 Å². The normalized spacial score (nSPS) is 10.7. The largest absolute Gasteiger partial charge is 0.491 e. The number of halogens is 3. The van der Waals surface area contributed by atoms with Crippen LogP contribution in [0.1, 0.15) is 12.0 Å². The Morgan fingerprint density at radius 2 is 2.04 bits per heavy atom. The summed E-state index contributed by atoms with van der Waals surface area (Å²) in [4.78, 5) is 12.2. The topological polar surface area (TPSA) is 92.8 Å². The van der Waals surface area contributed by atoms with Crippen LogP contribution in [0.5, 0.6) is 5.75 Å². The van der Waals surface area contributed by atoms with Crippen LogP contribution in [0.4, 0.5) is 14.6 Å². The molecule has 3 aromatic rings. The number of carbonyl (C=O) groups is 1. The van der Waals surface area contributed by atoms with Gasteiger partial charge < -0.3 is 10.1 Å². The summed E-state index contributed by atoms with van der Waals surface area (Å²) < 4.78 is 32.2. The minimum absolute atomic E-state index is 0.0112. The van der Waals surface area contributed by atoms with Gasteiger partial charge in [-0.2, -0.15) is 15.3 Å². The minimum Gasteiger partial charge on any atom is -0.491 e. The lowest BCUT2D eigenvalue weighted by molar-refractivity contribution is -0.116. The van der Waals surface area contributed by atoms with Crippen molar-refractivity contribution in [1.29, 1.82) is 0 Å². The average molecular weight is 394 g/mol. The molecule has 0 bridgehead atoms. The fraction of sp³-hybridized carbons (Fsp3) is 0.176. The van der Waals surface area contributed by atoms with Gasteiger partial charge in [-0.15, -0.1) is 0 Å². The zero-order valence-corrected chi connectivity index (χ0v) is 14.8. The quantitative estimate of drug-likeness (QED) is 0.626. The number of aryl methyl sites for hydroxylation is 1. The third kappa shape index (κ3) is 4.20. The van der Waals surface area contributed by atoms with Crippen LogP contribution in [0.15, 0.2) is 30.6 Å². The molecule has 7 nitrogen and oxygen atoms in total. The van der Waals surface area contributed by atoms with E-state index < -0.39 is 22.6 Å². The number of hydrogen-bond donors (Lipinski definition) is 2. The predicted molar refractivity (Wildman–Crippen MR) is 94.5 cm³/mol. The van der Waals surface area contributed by atoms with E-state index in [4.69, 9.17) is 16.3 Å². The molecule has 1 amide bonds. The van der Waals surface area contributed by atoms with Crippen molar-refractivity contribution in [1.82, 2.24) is 20.4 Å². The molecule has 2 N–H and O–H groups in total. The molecule has 0 unspecified atom stereocenters. The number of carbonyl (C=O) groups excluding carboxylic acids is 1. The predicted octanol–water partition coefficient (Wildman–Crippen LogP) is 3.38. The van der Waals surface area contributed by atoms with Crippen LogP contribution in [0, 0.1) is 11.6 Å². The summed E-state index contributed by atoms with van der Waals surface area (Å²) in [5.41, 5.74) is 1.54. The first-order valence-electron chi connectivity index (χ1n) is 7.82. The molecule has 10 heteroatoms. The highest BCUT2D eigenvalue weighted by Gasteiger charge is 2.18. The van der Waals surface area contributed by atoms with Crippen molar-refractivity contribution >= 4 is 23.3 Å². The average Bonchev–Trinajstić information content (AvgIpc) is 3.07. The van der Waals surface area contributed by atoms with Gasteiger partial charge in [0.1, 0.15) is 22.4 Å². The van der Waals surface area contributed by atoms with Crippen LogP contribution in [0.25, 0.3) is 11.3 Å². The summed E-state index contributed by atoms with van der Waals surface area (Å²) in [6.45, 7) is 0. The first-order valence-corrected chi connectivity index (χ1v) is 8.20. The molecule has 2 heterocycles. The Kier molecular flexibility index (Phi) is 5.60. The van der Waals surface area contributed by atoms with Crippen LogP contribution in [0.3, 0.4) is 0 Å². The minimum atomic E-state index is -0.864. The fourth-order valence-electron chi connectivity index (χ4n) is 2.45. The second-order valence-corrected chi connectivity index (χ2v) is 5.91. The number of hydrogen-bond acceptors (Lipinski definition) is 5. The van der Waals surface area contributed by atoms with E-state index in [2.05, 4.69) is 25.7 Å². The second-order valence-electron chi connectivity index (χ2n) is 5.53. The number of H-pyrrole nitrogens is 1. The van der Waals surface area contributed by atoms with Gasteiger partial charge in [-0.3, -0.25) is 9.89 Å². The Hall–Kier alpha value is -3.07. The lowest BCUT2D eigenvalue weighted by Crippen LogP contribution is -2.13. The summed E-state index contributed by atoms with van der Waals surface area (Å²) in [7, 11) is 1.44. The van der Waals surface area contributed by atoms with Crippen LogP contribution in [0.2, 0.25) is 5.02 Å². The second kappa shape index (κ2) is 8.09. The first-order chi connectivity index (χ1) is 13.0. The van der Waals surface area contributed by atoms with Gasteiger partial charge >= 0.3 is 0 Å². The molecule has 0 aliphatic carbocycles. The molecule has 1 aromatic carbocycles. The molecule has 2 aromatic heterocycles. The number of ether oxygens (including phenoxy) is 1. The smallest absolute Gasteiger partial charge is 0.226 e. The maximum atomic E-state index is 13.5. The van der Waals surface area contributed by atoms with Crippen molar-refractivity contribution in [2.24, 2.45) is 0 Å².